The Morgan fingerprint density at radius 3 is 2.60 bits per heavy atom. The third-order valence-electron chi connectivity index (χ3n) is 2.15. The van der Waals surface area contributed by atoms with Crippen LogP contribution >= 0.6 is 11.6 Å². The summed E-state index contributed by atoms with van der Waals surface area (Å²) in [7, 11) is 1.65. The highest BCUT2D eigenvalue weighted by Crippen LogP contribution is 2.29. The van der Waals surface area contributed by atoms with E-state index in [-0.39, 0.29) is 0 Å². The van der Waals surface area contributed by atoms with Crippen molar-refractivity contribution in [1.82, 2.24) is 4.98 Å². The van der Waals surface area contributed by atoms with Crippen LogP contribution in [0.15, 0.2) is 42.6 Å². The second-order valence-corrected chi connectivity index (χ2v) is 3.46. The first kappa shape index (κ1) is 9.99. The highest BCUT2D eigenvalue weighted by molar-refractivity contribution is 6.29. The first-order valence-corrected chi connectivity index (χ1v) is 4.94. The molecule has 0 saturated heterocycles. The predicted molar refractivity (Wildman–Crippen MR) is 61.2 cm³/mol. The molecule has 15 heavy (non-hydrogen) atoms. The molecule has 2 rings (SSSR count). The Balaban J connectivity index is 2.49. The number of hydrogen-bond donors (Lipinski definition) is 0. The molecule has 0 amide bonds. The zero-order chi connectivity index (χ0) is 10.7. The molecule has 1 aromatic carbocycles. The van der Waals surface area contributed by atoms with Crippen molar-refractivity contribution < 1.29 is 4.74 Å². The summed E-state index contributed by atoms with van der Waals surface area (Å²) in [6.07, 6.45) is 1.74. The minimum Gasteiger partial charge on any atom is -0.496 e. The van der Waals surface area contributed by atoms with Crippen LogP contribution in [0.25, 0.3) is 11.1 Å². The van der Waals surface area contributed by atoms with Crippen molar-refractivity contribution in [3.05, 3.63) is 47.7 Å². The molecule has 0 radical (unpaired) electrons. The van der Waals surface area contributed by atoms with E-state index in [9.17, 15) is 0 Å². The Hall–Kier alpha value is -1.54. The monoisotopic (exact) mass is 219 g/mol. The molecule has 2 aromatic rings. The number of nitrogens with zero attached hydrogens (tertiary/aromatic N) is 1. The van der Waals surface area contributed by atoms with Gasteiger partial charge in [0, 0.05) is 17.3 Å². The summed E-state index contributed by atoms with van der Waals surface area (Å²) in [5, 5.41) is 0.494. The lowest BCUT2D eigenvalue weighted by atomic mass is 10.1. The second kappa shape index (κ2) is 4.32. The van der Waals surface area contributed by atoms with E-state index in [0.29, 0.717) is 5.15 Å². The van der Waals surface area contributed by atoms with Crippen LogP contribution in [-0.2, 0) is 0 Å². The highest BCUT2D eigenvalue weighted by Gasteiger charge is 2.04. The number of halogens is 1. The maximum atomic E-state index is 5.73. The Kier molecular flexibility index (Phi) is 2.88. The fraction of sp³-hybridized carbons (Fsp3) is 0.0833. The van der Waals surface area contributed by atoms with Gasteiger partial charge in [-0.2, -0.15) is 0 Å². The number of rotatable bonds is 2. The summed E-state index contributed by atoms with van der Waals surface area (Å²) in [5.41, 5.74) is 2.01. The van der Waals surface area contributed by atoms with E-state index in [0.717, 1.165) is 16.9 Å². The molecule has 0 bridgehead atoms. The lowest BCUT2D eigenvalue weighted by Gasteiger charge is -2.07. The van der Waals surface area contributed by atoms with Crippen LogP contribution in [0.3, 0.4) is 0 Å². The van der Waals surface area contributed by atoms with Crippen LogP contribution in [0.5, 0.6) is 5.75 Å². The van der Waals surface area contributed by atoms with Gasteiger partial charge in [-0.3, -0.25) is 0 Å². The predicted octanol–water partition coefficient (Wildman–Crippen LogP) is 3.41. The zero-order valence-electron chi connectivity index (χ0n) is 8.27. The SMILES string of the molecule is COc1ccccc1-c1ccc(Cl)nc1. The lowest BCUT2D eigenvalue weighted by molar-refractivity contribution is 0.416. The lowest BCUT2D eigenvalue weighted by Crippen LogP contribution is -1.87. The number of aromatic nitrogens is 1. The number of methoxy groups -OCH3 is 1. The molecule has 76 valence electrons. The van der Waals surface area contributed by atoms with Gasteiger partial charge in [0.15, 0.2) is 0 Å². The molecule has 0 unspecified atom stereocenters. The summed E-state index contributed by atoms with van der Waals surface area (Å²) >= 11 is 5.73. The zero-order valence-corrected chi connectivity index (χ0v) is 9.03. The maximum Gasteiger partial charge on any atom is 0.129 e. The molecule has 2 nitrogen and oxygen atoms in total. The van der Waals surface area contributed by atoms with E-state index < -0.39 is 0 Å². The van der Waals surface area contributed by atoms with E-state index >= 15 is 0 Å². The molecule has 3 heteroatoms. The van der Waals surface area contributed by atoms with Crippen molar-refractivity contribution >= 4 is 11.6 Å². The van der Waals surface area contributed by atoms with Gasteiger partial charge in [-0.15, -0.1) is 0 Å². The van der Waals surface area contributed by atoms with Gasteiger partial charge in [-0.1, -0.05) is 29.8 Å². The number of pyridine rings is 1. The standard InChI is InChI=1S/C12H10ClNO/c1-15-11-5-3-2-4-10(11)9-6-7-12(13)14-8-9/h2-8H,1H3. The van der Waals surface area contributed by atoms with E-state index in [2.05, 4.69) is 4.98 Å². The van der Waals surface area contributed by atoms with E-state index in [1.54, 1.807) is 19.4 Å². The Morgan fingerprint density at radius 1 is 1.13 bits per heavy atom. The van der Waals surface area contributed by atoms with Crippen LogP contribution in [0.2, 0.25) is 5.15 Å². The molecule has 0 atom stereocenters. The van der Waals surface area contributed by atoms with Crippen LogP contribution in [0.4, 0.5) is 0 Å². The van der Waals surface area contributed by atoms with Crippen molar-refractivity contribution in [2.24, 2.45) is 0 Å². The van der Waals surface area contributed by atoms with E-state index in [1.807, 2.05) is 30.3 Å². The summed E-state index contributed by atoms with van der Waals surface area (Å²) in [6, 6.07) is 11.5. The molecule has 0 aliphatic heterocycles. The Morgan fingerprint density at radius 2 is 1.93 bits per heavy atom. The van der Waals surface area contributed by atoms with Crippen LogP contribution < -0.4 is 4.74 Å². The Labute approximate surface area is 93.5 Å². The molecule has 1 aromatic heterocycles. The van der Waals surface area contributed by atoms with Gasteiger partial charge in [0.1, 0.15) is 10.9 Å². The number of benzene rings is 1. The van der Waals surface area contributed by atoms with Crippen molar-refractivity contribution in [1.29, 1.82) is 0 Å². The summed E-state index contributed by atoms with van der Waals surface area (Å²) in [5.74, 6) is 0.835. The Bertz CT molecular complexity index is 453. The minimum absolute atomic E-state index is 0.494. The molecule has 0 N–H and O–H groups in total. The third kappa shape index (κ3) is 2.10. The van der Waals surface area contributed by atoms with Crippen molar-refractivity contribution in [2.75, 3.05) is 7.11 Å². The van der Waals surface area contributed by atoms with E-state index in [4.69, 9.17) is 16.3 Å². The first-order valence-electron chi connectivity index (χ1n) is 4.56. The van der Waals surface area contributed by atoms with Gasteiger partial charge in [-0.05, 0) is 18.2 Å². The van der Waals surface area contributed by atoms with Crippen molar-refractivity contribution in [3.63, 3.8) is 0 Å². The fourth-order valence-corrected chi connectivity index (χ4v) is 1.53. The molecule has 1 heterocycles. The molecule has 0 spiro atoms. The van der Waals surface area contributed by atoms with Crippen LogP contribution in [0.1, 0.15) is 0 Å². The minimum atomic E-state index is 0.494. The van der Waals surface area contributed by atoms with Crippen molar-refractivity contribution in [3.8, 4) is 16.9 Å². The van der Waals surface area contributed by atoms with Gasteiger partial charge in [-0.25, -0.2) is 4.98 Å². The summed E-state index contributed by atoms with van der Waals surface area (Å²) in [4.78, 5) is 4.04. The maximum absolute atomic E-state index is 5.73. The average molecular weight is 220 g/mol. The molecule has 0 aliphatic rings. The van der Waals surface area contributed by atoms with Crippen LogP contribution in [-0.4, -0.2) is 12.1 Å². The molecule has 0 fully saturated rings. The van der Waals surface area contributed by atoms with Crippen LogP contribution in [0, 0.1) is 0 Å². The molecule has 0 saturated carbocycles. The third-order valence-corrected chi connectivity index (χ3v) is 2.37. The molecular weight excluding hydrogens is 210 g/mol. The fourth-order valence-electron chi connectivity index (χ4n) is 1.42. The smallest absolute Gasteiger partial charge is 0.129 e. The van der Waals surface area contributed by atoms with E-state index in [1.165, 1.54) is 0 Å². The van der Waals surface area contributed by atoms with Crippen molar-refractivity contribution in [2.45, 2.75) is 0 Å². The van der Waals surface area contributed by atoms with Gasteiger partial charge in [0.05, 0.1) is 7.11 Å². The second-order valence-electron chi connectivity index (χ2n) is 3.07. The number of para-hydroxylation sites is 1. The van der Waals surface area contributed by atoms with Gasteiger partial charge < -0.3 is 4.74 Å². The molecular formula is C12H10ClNO. The summed E-state index contributed by atoms with van der Waals surface area (Å²) in [6.45, 7) is 0. The normalized spacial score (nSPS) is 10.0. The van der Waals surface area contributed by atoms with Gasteiger partial charge in [0.2, 0.25) is 0 Å². The summed E-state index contributed by atoms with van der Waals surface area (Å²) < 4.78 is 5.27. The quantitative estimate of drug-likeness (QED) is 0.723. The van der Waals surface area contributed by atoms with Gasteiger partial charge >= 0.3 is 0 Å². The molecule has 0 aliphatic carbocycles. The topological polar surface area (TPSA) is 22.1 Å². The highest BCUT2D eigenvalue weighted by atomic mass is 35.5. The average Bonchev–Trinajstić information content (AvgIpc) is 2.30. The number of hydrogen-bond acceptors (Lipinski definition) is 2. The number of ether oxygens (including phenoxy) is 1. The largest absolute Gasteiger partial charge is 0.496 e. The van der Waals surface area contributed by atoms with Gasteiger partial charge in [0.25, 0.3) is 0 Å². The first-order chi connectivity index (χ1) is 7.31.